The van der Waals surface area contributed by atoms with Gasteiger partial charge in [-0.3, -0.25) is 9.20 Å². The van der Waals surface area contributed by atoms with Crippen molar-refractivity contribution >= 4 is 11.6 Å². The number of hydrogen-bond acceptors (Lipinski definition) is 4. The van der Waals surface area contributed by atoms with Crippen LogP contribution in [0.2, 0.25) is 0 Å². The third-order valence-electron chi connectivity index (χ3n) is 3.75. The van der Waals surface area contributed by atoms with Gasteiger partial charge in [0.2, 0.25) is 0 Å². The standard InChI is InChI=1S/C17H18N4O2/c1-11-7-8-13(10-14(11)23-3)17(22)18-12(2)16-20-19-15-6-4-5-9-21(15)16/h4-10,12H,1-3H3,(H,18,22). The summed E-state index contributed by atoms with van der Waals surface area (Å²) >= 11 is 0. The van der Waals surface area contributed by atoms with Gasteiger partial charge in [-0.1, -0.05) is 12.1 Å². The zero-order chi connectivity index (χ0) is 16.4. The topological polar surface area (TPSA) is 68.5 Å². The Labute approximate surface area is 134 Å². The molecule has 0 spiro atoms. The summed E-state index contributed by atoms with van der Waals surface area (Å²) < 4.78 is 7.13. The molecule has 0 fully saturated rings. The van der Waals surface area contributed by atoms with Gasteiger partial charge in [-0.25, -0.2) is 0 Å². The summed E-state index contributed by atoms with van der Waals surface area (Å²) in [4.78, 5) is 12.4. The summed E-state index contributed by atoms with van der Waals surface area (Å²) in [6.45, 7) is 3.82. The lowest BCUT2D eigenvalue weighted by atomic mass is 10.1. The number of carbonyl (C=O) groups is 1. The van der Waals surface area contributed by atoms with E-state index in [1.54, 1.807) is 19.2 Å². The number of nitrogens with one attached hydrogen (secondary N) is 1. The van der Waals surface area contributed by atoms with Crippen LogP contribution < -0.4 is 10.1 Å². The molecule has 3 aromatic rings. The molecule has 6 nitrogen and oxygen atoms in total. The summed E-state index contributed by atoms with van der Waals surface area (Å²) in [5.74, 6) is 1.20. The Hall–Kier alpha value is -2.89. The highest BCUT2D eigenvalue weighted by Crippen LogP contribution is 2.20. The Kier molecular flexibility index (Phi) is 3.97. The molecule has 1 aromatic carbocycles. The summed E-state index contributed by atoms with van der Waals surface area (Å²) in [6, 6.07) is 10.8. The van der Waals surface area contributed by atoms with E-state index in [0.717, 1.165) is 11.2 Å². The molecule has 0 radical (unpaired) electrons. The van der Waals surface area contributed by atoms with Crippen LogP contribution in [0.4, 0.5) is 0 Å². The normalized spacial score (nSPS) is 12.1. The van der Waals surface area contributed by atoms with E-state index < -0.39 is 0 Å². The van der Waals surface area contributed by atoms with Gasteiger partial charge in [-0.15, -0.1) is 10.2 Å². The van der Waals surface area contributed by atoms with E-state index in [4.69, 9.17) is 4.74 Å². The fraction of sp³-hybridized carbons (Fsp3) is 0.235. The Morgan fingerprint density at radius 2 is 2.09 bits per heavy atom. The van der Waals surface area contributed by atoms with Gasteiger partial charge in [0.05, 0.1) is 13.2 Å². The molecule has 2 aromatic heterocycles. The Balaban J connectivity index is 1.82. The summed E-state index contributed by atoms with van der Waals surface area (Å²) in [5.41, 5.74) is 2.29. The summed E-state index contributed by atoms with van der Waals surface area (Å²) in [5, 5.41) is 11.2. The van der Waals surface area contributed by atoms with Crippen molar-refractivity contribution in [2.75, 3.05) is 7.11 Å². The smallest absolute Gasteiger partial charge is 0.251 e. The Bertz CT molecular complexity index is 857. The molecule has 0 saturated carbocycles. The number of hydrogen-bond donors (Lipinski definition) is 1. The van der Waals surface area contributed by atoms with Crippen molar-refractivity contribution in [2.45, 2.75) is 19.9 Å². The van der Waals surface area contributed by atoms with Crippen LogP contribution in [0.5, 0.6) is 5.75 Å². The predicted molar refractivity (Wildman–Crippen MR) is 86.6 cm³/mol. The molecule has 6 heteroatoms. The van der Waals surface area contributed by atoms with E-state index in [-0.39, 0.29) is 11.9 Å². The molecule has 118 valence electrons. The van der Waals surface area contributed by atoms with Crippen molar-refractivity contribution in [2.24, 2.45) is 0 Å². The fourth-order valence-electron chi connectivity index (χ4n) is 2.46. The zero-order valence-corrected chi connectivity index (χ0v) is 13.3. The lowest BCUT2D eigenvalue weighted by Crippen LogP contribution is -2.28. The fourth-order valence-corrected chi connectivity index (χ4v) is 2.46. The maximum atomic E-state index is 12.4. The second kappa shape index (κ2) is 6.08. The second-order valence-corrected chi connectivity index (χ2v) is 5.37. The van der Waals surface area contributed by atoms with Crippen LogP contribution in [-0.2, 0) is 0 Å². The van der Waals surface area contributed by atoms with E-state index >= 15 is 0 Å². The predicted octanol–water partition coefficient (Wildman–Crippen LogP) is 2.54. The van der Waals surface area contributed by atoms with Crippen LogP contribution in [0.25, 0.3) is 5.65 Å². The largest absolute Gasteiger partial charge is 0.496 e. The maximum absolute atomic E-state index is 12.4. The molecule has 1 unspecified atom stereocenters. The van der Waals surface area contributed by atoms with Gasteiger partial charge in [0, 0.05) is 11.8 Å². The molecule has 1 atom stereocenters. The highest BCUT2D eigenvalue weighted by Gasteiger charge is 2.17. The number of fused-ring (bicyclic) bond motifs is 1. The van der Waals surface area contributed by atoms with Gasteiger partial charge >= 0.3 is 0 Å². The first-order valence-electron chi connectivity index (χ1n) is 7.35. The number of benzene rings is 1. The van der Waals surface area contributed by atoms with Crippen LogP contribution >= 0.6 is 0 Å². The third-order valence-corrected chi connectivity index (χ3v) is 3.75. The number of aromatic nitrogens is 3. The van der Waals surface area contributed by atoms with Crippen LogP contribution in [0.15, 0.2) is 42.6 Å². The Morgan fingerprint density at radius 3 is 2.87 bits per heavy atom. The number of pyridine rings is 1. The minimum Gasteiger partial charge on any atom is -0.496 e. The molecule has 0 aliphatic rings. The molecule has 1 amide bonds. The van der Waals surface area contributed by atoms with E-state index in [1.165, 1.54) is 0 Å². The molecule has 2 heterocycles. The van der Waals surface area contributed by atoms with E-state index in [1.807, 2.05) is 48.7 Å². The van der Waals surface area contributed by atoms with E-state index in [2.05, 4.69) is 15.5 Å². The number of methoxy groups -OCH3 is 1. The monoisotopic (exact) mass is 310 g/mol. The number of carbonyl (C=O) groups excluding carboxylic acids is 1. The summed E-state index contributed by atoms with van der Waals surface area (Å²) in [7, 11) is 1.59. The van der Waals surface area contributed by atoms with Crippen molar-refractivity contribution < 1.29 is 9.53 Å². The summed E-state index contributed by atoms with van der Waals surface area (Å²) in [6.07, 6.45) is 1.88. The highest BCUT2D eigenvalue weighted by molar-refractivity contribution is 5.94. The van der Waals surface area contributed by atoms with Gasteiger partial charge in [0.15, 0.2) is 11.5 Å². The number of nitrogens with zero attached hydrogens (tertiary/aromatic N) is 3. The van der Waals surface area contributed by atoms with Crippen molar-refractivity contribution in [3.63, 3.8) is 0 Å². The Morgan fingerprint density at radius 1 is 1.26 bits per heavy atom. The van der Waals surface area contributed by atoms with Crippen molar-refractivity contribution in [1.29, 1.82) is 0 Å². The second-order valence-electron chi connectivity index (χ2n) is 5.37. The van der Waals surface area contributed by atoms with Gasteiger partial charge in [-0.05, 0) is 43.7 Å². The third kappa shape index (κ3) is 2.88. The van der Waals surface area contributed by atoms with E-state index in [9.17, 15) is 4.79 Å². The van der Waals surface area contributed by atoms with Gasteiger partial charge in [0.1, 0.15) is 5.75 Å². The molecule has 0 aliphatic heterocycles. The molecular weight excluding hydrogens is 292 g/mol. The first-order chi connectivity index (χ1) is 11.1. The lowest BCUT2D eigenvalue weighted by molar-refractivity contribution is 0.0937. The first kappa shape index (κ1) is 15.0. The maximum Gasteiger partial charge on any atom is 0.251 e. The number of aryl methyl sites for hydroxylation is 1. The average Bonchev–Trinajstić information content (AvgIpc) is 2.99. The van der Waals surface area contributed by atoms with E-state index in [0.29, 0.717) is 17.1 Å². The number of ether oxygens (including phenoxy) is 1. The van der Waals surface area contributed by atoms with Crippen LogP contribution in [0, 0.1) is 6.92 Å². The zero-order valence-electron chi connectivity index (χ0n) is 13.3. The SMILES string of the molecule is COc1cc(C(=O)NC(C)c2nnc3ccccn23)ccc1C. The molecular formula is C17H18N4O2. The molecule has 1 N–H and O–H groups in total. The van der Waals surface area contributed by atoms with Gasteiger partial charge < -0.3 is 10.1 Å². The number of amides is 1. The molecule has 23 heavy (non-hydrogen) atoms. The van der Waals surface area contributed by atoms with Crippen molar-refractivity contribution in [1.82, 2.24) is 19.9 Å². The number of rotatable bonds is 4. The van der Waals surface area contributed by atoms with Crippen LogP contribution in [0.1, 0.15) is 34.7 Å². The minimum atomic E-state index is -0.271. The van der Waals surface area contributed by atoms with Gasteiger partial charge in [-0.2, -0.15) is 0 Å². The van der Waals surface area contributed by atoms with Crippen molar-refractivity contribution in [3.8, 4) is 5.75 Å². The molecule has 0 bridgehead atoms. The van der Waals surface area contributed by atoms with Crippen LogP contribution in [0.3, 0.4) is 0 Å². The minimum absolute atomic E-state index is 0.177. The van der Waals surface area contributed by atoms with Crippen LogP contribution in [-0.4, -0.2) is 27.6 Å². The molecule has 3 rings (SSSR count). The highest BCUT2D eigenvalue weighted by atomic mass is 16.5. The first-order valence-corrected chi connectivity index (χ1v) is 7.35. The van der Waals surface area contributed by atoms with Gasteiger partial charge in [0.25, 0.3) is 5.91 Å². The van der Waals surface area contributed by atoms with Crippen molar-refractivity contribution in [3.05, 3.63) is 59.5 Å². The quantitative estimate of drug-likeness (QED) is 0.804. The average molecular weight is 310 g/mol. The molecule has 0 aliphatic carbocycles. The molecule has 0 saturated heterocycles. The lowest BCUT2D eigenvalue weighted by Gasteiger charge is -2.13.